The van der Waals surface area contributed by atoms with Gasteiger partial charge in [0.25, 0.3) is 0 Å². The highest BCUT2D eigenvalue weighted by Gasteiger charge is 2.26. The minimum Gasteiger partial charge on any atom is -0.481 e. The molecule has 1 aromatic rings. The van der Waals surface area contributed by atoms with Gasteiger partial charge in [0.05, 0.1) is 23.0 Å². The lowest BCUT2D eigenvalue weighted by atomic mass is 9.97. The summed E-state index contributed by atoms with van der Waals surface area (Å²) >= 11 is 0. The molecule has 5 heteroatoms. The van der Waals surface area contributed by atoms with Crippen molar-refractivity contribution < 1.29 is 9.90 Å². The summed E-state index contributed by atoms with van der Waals surface area (Å²) in [7, 11) is 0. The van der Waals surface area contributed by atoms with Crippen LogP contribution >= 0.6 is 0 Å². The molecule has 1 N–H and O–H groups in total. The number of rotatable bonds is 2. The summed E-state index contributed by atoms with van der Waals surface area (Å²) in [6.45, 7) is 7.35. The molecule has 0 aromatic carbocycles. The van der Waals surface area contributed by atoms with Crippen LogP contribution in [0.3, 0.4) is 0 Å². The minimum atomic E-state index is -0.683. The number of hydrogen-bond acceptors (Lipinski definition) is 4. The molecule has 5 nitrogen and oxygen atoms in total. The van der Waals surface area contributed by atoms with Crippen molar-refractivity contribution in [2.24, 2.45) is 5.92 Å². The van der Waals surface area contributed by atoms with Crippen LogP contribution in [0.5, 0.6) is 0 Å². The van der Waals surface area contributed by atoms with Crippen LogP contribution < -0.4 is 4.90 Å². The zero-order valence-electron chi connectivity index (χ0n) is 11.1. The molecular weight excluding hydrogens is 230 g/mol. The molecule has 98 valence electrons. The SMILES string of the molecule is Cc1nc(C)c(N2CCC(C(=O)O)CC2)nc1C. The highest BCUT2D eigenvalue weighted by Crippen LogP contribution is 2.24. The summed E-state index contributed by atoms with van der Waals surface area (Å²) in [6.07, 6.45) is 1.37. The smallest absolute Gasteiger partial charge is 0.306 e. The summed E-state index contributed by atoms with van der Waals surface area (Å²) in [4.78, 5) is 22.1. The number of piperidine rings is 1. The van der Waals surface area contributed by atoms with Gasteiger partial charge in [-0.15, -0.1) is 0 Å². The van der Waals surface area contributed by atoms with E-state index in [0.717, 1.165) is 36.0 Å². The minimum absolute atomic E-state index is 0.207. The van der Waals surface area contributed by atoms with E-state index in [-0.39, 0.29) is 5.92 Å². The summed E-state index contributed by atoms with van der Waals surface area (Å²) < 4.78 is 0. The van der Waals surface area contributed by atoms with Crippen molar-refractivity contribution in [2.75, 3.05) is 18.0 Å². The van der Waals surface area contributed by atoms with Gasteiger partial charge in [0.1, 0.15) is 5.82 Å². The topological polar surface area (TPSA) is 66.3 Å². The van der Waals surface area contributed by atoms with E-state index in [1.54, 1.807) is 0 Å². The number of carboxylic acids is 1. The fourth-order valence-corrected chi connectivity index (χ4v) is 2.34. The third-order valence-electron chi connectivity index (χ3n) is 3.60. The molecule has 0 unspecified atom stereocenters. The van der Waals surface area contributed by atoms with Crippen LogP contribution in [-0.4, -0.2) is 34.1 Å². The molecule has 1 saturated heterocycles. The van der Waals surface area contributed by atoms with E-state index in [1.807, 2.05) is 20.8 Å². The number of aryl methyl sites for hydroxylation is 3. The van der Waals surface area contributed by atoms with Gasteiger partial charge in [-0.3, -0.25) is 9.78 Å². The number of aromatic nitrogens is 2. The Kier molecular flexibility index (Phi) is 3.50. The van der Waals surface area contributed by atoms with E-state index < -0.39 is 5.97 Å². The lowest BCUT2D eigenvalue weighted by Crippen LogP contribution is -2.37. The van der Waals surface area contributed by atoms with Crippen molar-refractivity contribution in [1.29, 1.82) is 0 Å². The molecule has 0 radical (unpaired) electrons. The zero-order valence-corrected chi connectivity index (χ0v) is 11.1. The first-order valence-electron chi connectivity index (χ1n) is 6.28. The van der Waals surface area contributed by atoms with Crippen molar-refractivity contribution in [3.05, 3.63) is 17.1 Å². The molecule has 1 fully saturated rings. The fraction of sp³-hybridized carbons (Fsp3) is 0.615. The van der Waals surface area contributed by atoms with E-state index >= 15 is 0 Å². The third kappa shape index (κ3) is 2.44. The van der Waals surface area contributed by atoms with Gasteiger partial charge < -0.3 is 10.0 Å². The van der Waals surface area contributed by atoms with Crippen LogP contribution in [0, 0.1) is 26.7 Å². The van der Waals surface area contributed by atoms with Crippen LogP contribution in [0.1, 0.15) is 29.9 Å². The maximum Gasteiger partial charge on any atom is 0.306 e. The van der Waals surface area contributed by atoms with Crippen molar-refractivity contribution >= 4 is 11.8 Å². The summed E-state index contributed by atoms with van der Waals surface area (Å²) in [5, 5.41) is 8.98. The van der Waals surface area contributed by atoms with Crippen molar-refractivity contribution in [3.63, 3.8) is 0 Å². The normalized spacial score (nSPS) is 16.9. The highest BCUT2D eigenvalue weighted by molar-refractivity contribution is 5.70. The Morgan fingerprint density at radius 2 is 1.67 bits per heavy atom. The average molecular weight is 249 g/mol. The van der Waals surface area contributed by atoms with Gasteiger partial charge in [-0.1, -0.05) is 0 Å². The molecule has 0 aliphatic carbocycles. The molecule has 0 spiro atoms. The number of nitrogens with zero attached hydrogens (tertiary/aromatic N) is 3. The second-order valence-corrected chi connectivity index (χ2v) is 4.90. The van der Waals surface area contributed by atoms with Gasteiger partial charge in [0.2, 0.25) is 0 Å². The number of aliphatic carboxylic acids is 1. The third-order valence-corrected chi connectivity index (χ3v) is 3.60. The van der Waals surface area contributed by atoms with Gasteiger partial charge in [0, 0.05) is 13.1 Å². The van der Waals surface area contributed by atoms with E-state index in [2.05, 4.69) is 14.9 Å². The predicted molar refractivity (Wildman–Crippen MR) is 68.8 cm³/mol. The van der Waals surface area contributed by atoms with Crippen molar-refractivity contribution in [2.45, 2.75) is 33.6 Å². The molecule has 18 heavy (non-hydrogen) atoms. The van der Waals surface area contributed by atoms with Crippen molar-refractivity contribution in [3.8, 4) is 0 Å². The largest absolute Gasteiger partial charge is 0.481 e. The Bertz CT molecular complexity index is 466. The maximum absolute atomic E-state index is 10.9. The second kappa shape index (κ2) is 4.92. The molecule has 1 aromatic heterocycles. The molecule has 0 atom stereocenters. The van der Waals surface area contributed by atoms with Gasteiger partial charge in [-0.05, 0) is 33.6 Å². The summed E-state index contributed by atoms with van der Waals surface area (Å²) in [6, 6.07) is 0. The lowest BCUT2D eigenvalue weighted by molar-refractivity contribution is -0.142. The molecule has 0 bridgehead atoms. The quantitative estimate of drug-likeness (QED) is 0.864. The first kappa shape index (κ1) is 12.8. The van der Waals surface area contributed by atoms with E-state index in [4.69, 9.17) is 5.11 Å². The standard InChI is InChI=1S/C13H19N3O2/c1-8-9(2)15-12(10(3)14-8)16-6-4-11(5-7-16)13(17)18/h11H,4-7H2,1-3H3,(H,17,18). The van der Waals surface area contributed by atoms with Gasteiger partial charge in [0.15, 0.2) is 0 Å². The van der Waals surface area contributed by atoms with Gasteiger partial charge in [-0.25, -0.2) is 4.98 Å². The predicted octanol–water partition coefficient (Wildman–Crippen LogP) is 1.70. The molecule has 2 rings (SSSR count). The number of carbonyl (C=O) groups is 1. The average Bonchev–Trinajstić information content (AvgIpc) is 2.34. The Hall–Kier alpha value is -1.65. The zero-order chi connectivity index (χ0) is 13.3. The van der Waals surface area contributed by atoms with E-state index in [0.29, 0.717) is 12.8 Å². The molecule has 0 amide bonds. The lowest BCUT2D eigenvalue weighted by Gasteiger charge is -2.31. The molecule has 0 saturated carbocycles. The summed E-state index contributed by atoms with van der Waals surface area (Å²) in [5.41, 5.74) is 2.82. The molecular formula is C13H19N3O2. The van der Waals surface area contributed by atoms with Gasteiger partial charge >= 0.3 is 5.97 Å². The Labute approximate surface area is 107 Å². The van der Waals surface area contributed by atoms with Crippen LogP contribution in [0.4, 0.5) is 5.82 Å². The number of carboxylic acid groups (broad SMARTS) is 1. The van der Waals surface area contributed by atoms with Crippen molar-refractivity contribution in [1.82, 2.24) is 9.97 Å². The Balaban J connectivity index is 2.15. The van der Waals surface area contributed by atoms with Crippen LogP contribution in [-0.2, 0) is 4.79 Å². The van der Waals surface area contributed by atoms with Crippen LogP contribution in [0.2, 0.25) is 0 Å². The number of anilines is 1. The Morgan fingerprint density at radius 1 is 1.11 bits per heavy atom. The molecule has 1 aliphatic rings. The molecule has 1 aliphatic heterocycles. The van der Waals surface area contributed by atoms with Gasteiger partial charge in [-0.2, -0.15) is 0 Å². The van der Waals surface area contributed by atoms with Crippen LogP contribution in [0.15, 0.2) is 0 Å². The maximum atomic E-state index is 10.9. The van der Waals surface area contributed by atoms with E-state index in [1.165, 1.54) is 0 Å². The second-order valence-electron chi connectivity index (χ2n) is 4.90. The first-order chi connectivity index (χ1) is 8.49. The first-order valence-corrected chi connectivity index (χ1v) is 6.28. The number of hydrogen-bond donors (Lipinski definition) is 1. The Morgan fingerprint density at radius 3 is 2.22 bits per heavy atom. The monoisotopic (exact) mass is 249 g/mol. The van der Waals surface area contributed by atoms with E-state index in [9.17, 15) is 4.79 Å². The highest BCUT2D eigenvalue weighted by atomic mass is 16.4. The summed E-state index contributed by atoms with van der Waals surface area (Å²) in [5.74, 6) is 0.0144. The molecule has 2 heterocycles. The van der Waals surface area contributed by atoms with Crippen LogP contribution in [0.25, 0.3) is 0 Å². The fourth-order valence-electron chi connectivity index (χ4n) is 2.34.